The molecule has 1 fully saturated rings. The summed E-state index contributed by atoms with van der Waals surface area (Å²) in [5.41, 5.74) is 3.66. The van der Waals surface area contributed by atoms with Crippen molar-refractivity contribution >= 4 is 28.7 Å². The molecule has 0 bridgehead atoms. The van der Waals surface area contributed by atoms with Crippen molar-refractivity contribution in [3.8, 4) is 5.82 Å². The zero-order valence-corrected chi connectivity index (χ0v) is 20.3. The zero-order chi connectivity index (χ0) is 25.0. The van der Waals surface area contributed by atoms with Crippen LogP contribution in [0.1, 0.15) is 34.6 Å². The number of pyridine rings is 1. The molecule has 12 heteroatoms. The van der Waals surface area contributed by atoms with E-state index in [4.69, 9.17) is 9.84 Å². The number of carbonyl (C=O) groups excluding carboxylic acids is 1. The van der Waals surface area contributed by atoms with Crippen LogP contribution >= 0.6 is 0 Å². The van der Waals surface area contributed by atoms with E-state index in [1.807, 2.05) is 20.0 Å². The van der Waals surface area contributed by atoms with Gasteiger partial charge in [-0.15, -0.1) is 5.10 Å². The number of nitrogens with zero attached hydrogens (tertiary/aromatic N) is 6. The third-order valence-corrected chi connectivity index (χ3v) is 7.04. The molecule has 3 N–H and O–H groups in total. The predicted octanol–water partition coefficient (Wildman–Crippen LogP) is 1.54. The summed E-state index contributed by atoms with van der Waals surface area (Å²) in [7, 11) is 3.49. The average Bonchev–Trinajstić information content (AvgIpc) is 3.57. The van der Waals surface area contributed by atoms with E-state index in [1.165, 1.54) is 15.3 Å². The molecule has 1 amide bonds. The molecule has 6 rings (SSSR count). The van der Waals surface area contributed by atoms with Crippen molar-refractivity contribution < 1.29 is 9.53 Å². The molecule has 4 aromatic rings. The van der Waals surface area contributed by atoms with Crippen LogP contribution in [0.15, 0.2) is 35.4 Å². The number of imidazole rings is 1. The summed E-state index contributed by atoms with van der Waals surface area (Å²) >= 11 is 0. The molecule has 4 aromatic heterocycles. The second kappa shape index (κ2) is 8.48. The standard InChI is InChI=1S/C24H27N9O3/c1-13-11-19(29-31(13)2)32-10-4-5-16(24(32)35)27-21-14-8-9-25-20(14)22-26-12-17(33(22)30-21)23(34)28-15-6-7-18(15)36-3/h4-5,10-12,15,18,25H,6-9H2,1-3H3,(H,27,30)(H,28,34)/t15-,18-/m1/s1. The van der Waals surface area contributed by atoms with Gasteiger partial charge in [0.15, 0.2) is 23.0 Å². The molecule has 0 spiro atoms. The number of hydrogen-bond donors (Lipinski definition) is 3. The van der Waals surface area contributed by atoms with Crippen molar-refractivity contribution in [1.82, 2.24) is 34.3 Å². The van der Waals surface area contributed by atoms with Gasteiger partial charge in [0, 0.05) is 44.2 Å². The van der Waals surface area contributed by atoms with Crippen molar-refractivity contribution in [2.24, 2.45) is 7.05 Å². The summed E-state index contributed by atoms with van der Waals surface area (Å²) in [4.78, 5) is 30.9. The first-order valence-corrected chi connectivity index (χ1v) is 11.9. The van der Waals surface area contributed by atoms with E-state index in [2.05, 4.69) is 26.0 Å². The van der Waals surface area contributed by atoms with Gasteiger partial charge in [0.2, 0.25) is 0 Å². The molecule has 0 radical (unpaired) electrons. The lowest BCUT2D eigenvalue weighted by Gasteiger charge is -2.35. The highest BCUT2D eigenvalue weighted by atomic mass is 16.5. The SMILES string of the molecule is CO[C@@H]1CC[C@H]1NC(=O)c1cnc2c3c(c(Nc4cccn(-c5cc(C)n(C)n5)c4=O)nn12)CCN3. The fraction of sp³-hybridized carbons (Fsp3) is 0.375. The van der Waals surface area contributed by atoms with Crippen LogP contribution in [0, 0.1) is 6.92 Å². The molecule has 0 unspecified atom stereocenters. The number of aromatic nitrogens is 6. The van der Waals surface area contributed by atoms with E-state index in [0.717, 1.165) is 29.8 Å². The minimum absolute atomic E-state index is 0.0207. The topological polar surface area (TPSA) is 132 Å². The van der Waals surface area contributed by atoms with Crippen LogP contribution in [0.4, 0.5) is 17.2 Å². The lowest BCUT2D eigenvalue weighted by atomic mass is 9.89. The monoisotopic (exact) mass is 489 g/mol. The van der Waals surface area contributed by atoms with Crippen molar-refractivity contribution in [3.63, 3.8) is 0 Å². The Hall–Kier alpha value is -4.19. The second-order valence-electron chi connectivity index (χ2n) is 9.18. The summed E-state index contributed by atoms with van der Waals surface area (Å²) < 4.78 is 10.1. The number of methoxy groups -OCH3 is 1. The molecule has 0 saturated heterocycles. The Labute approximate surface area is 206 Å². The van der Waals surface area contributed by atoms with Crippen LogP contribution in [0.3, 0.4) is 0 Å². The molecular weight excluding hydrogens is 462 g/mol. The first-order valence-electron chi connectivity index (χ1n) is 11.9. The molecule has 2 atom stereocenters. The van der Waals surface area contributed by atoms with E-state index in [0.29, 0.717) is 41.6 Å². The molecule has 186 valence electrons. The molecule has 2 aliphatic rings. The van der Waals surface area contributed by atoms with Gasteiger partial charge in [-0.2, -0.15) is 5.10 Å². The van der Waals surface area contributed by atoms with Gasteiger partial charge in [0.25, 0.3) is 11.5 Å². The maximum absolute atomic E-state index is 13.3. The van der Waals surface area contributed by atoms with Crippen molar-refractivity contribution in [2.75, 3.05) is 24.3 Å². The lowest BCUT2D eigenvalue weighted by Crippen LogP contribution is -2.51. The Morgan fingerprint density at radius 2 is 2.14 bits per heavy atom. The Balaban J connectivity index is 1.38. The minimum atomic E-state index is -0.266. The van der Waals surface area contributed by atoms with Gasteiger partial charge in [-0.05, 0) is 38.3 Å². The van der Waals surface area contributed by atoms with Gasteiger partial charge in [-0.3, -0.25) is 18.8 Å². The Morgan fingerprint density at radius 3 is 2.86 bits per heavy atom. The number of anilines is 3. The van der Waals surface area contributed by atoms with Crippen molar-refractivity contribution in [1.29, 1.82) is 0 Å². The van der Waals surface area contributed by atoms with Gasteiger partial charge < -0.3 is 20.7 Å². The number of amides is 1. The lowest BCUT2D eigenvalue weighted by molar-refractivity contribution is 0.00718. The maximum Gasteiger partial charge on any atom is 0.280 e. The average molecular weight is 490 g/mol. The number of ether oxygens (including phenoxy) is 1. The van der Waals surface area contributed by atoms with Crippen molar-refractivity contribution in [3.05, 3.63) is 57.9 Å². The fourth-order valence-corrected chi connectivity index (χ4v) is 4.74. The number of nitrogens with one attached hydrogen (secondary N) is 3. The molecule has 1 aliphatic heterocycles. The number of carbonyl (C=O) groups is 1. The van der Waals surface area contributed by atoms with E-state index in [1.54, 1.807) is 30.1 Å². The molecule has 1 saturated carbocycles. The summed E-state index contributed by atoms with van der Waals surface area (Å²) in [6, 6.07) is 5.31. The minimum Gasteiger partial charge on any atom is -0.381 e. The van der Waals surface area contributed by atoms with Gasteiger partial charge in [0.1, 0.15) is 5.69 Å². The van der Waals surface area contributed by atoms with Crippen LogP contribution in [0.25, 0.3) is 11.5 Å². The summed E-state index contributed by atoms with van der Waals surface area (Å²) in [6.45, 7) is 2.64. The normalized spacial score (nSPS) is 18.5. The molecule has 12 nitrogen and oxygen atoms in total. The number of aryl methyl sites for hydroxylation is 2. The molecular formula is C24H27N9O3. The van der Waals surface area contributed by atoms with Crippen LogP contribution in [0.5, 0.6) is 0 Å². The number of fused-ring (bicyclic) bond motifs is 3. The van der Waals surface area contributed by atoms with Crippen LogP contribution < -0.4 is 21.5 Å². The summed E-state index contributed by atoms with van der Waals surface area (Å²) in [5, 5.41) is 18.7. The smallest absolute Gasteiger partial charge is 0.280 e. The number of hydrogen-bond acceptors (Lipinski definition) is 8. The largest absolute Gasteiger partial charge is 0.381 e. The second-order valence-corrected chi connectivity index (χ2v) is 9.18. The molecule has 1 aliphatic carbocycles. The van der Waals surface area contributed by atoms with E-state index in [-0.39, 0.29) is 23.6 Å². The van der Waals surface area contributed by atoms with Gasteiger partial charge in [-0.1, -0.05) is 0 Å². The first-order chi connectivity index (χ1) is 17.4. The Morgan fingerprint density at radius 1 is 1.28 bits per heavy atom. The number of rotatable bonds is 6. The van der Waals surface area contributed by atoms with Crippen molar-refractivity contribution in [2.45, 2.75) is 38.3 Å². The third-order valence-electron chi connectivity index (χ3n) is 7.04. The van der Waals surface area contributed by atoms with Crippen LogP contribution in [0.2, 0.25) is 0 Å². The van der Waals surface area contributed by atoms with E-state index >= 15 is 0 Å². The van der Waals surface area contributed by atoms with E-state index < -0.39 is 0 Å². The quantitative estimate of drug-likeness (QED) is 0.372. The fourth-order valence-electron chi connectivity index (χ4n) is 4.74. The first kappa shape index (κ1) is 22.3. The molecule has 0 aromatic carbocycles. The third kappa shape index (κ3) is 3.52. The van der Waals surface area contributed by atoms with Crippen LogP contribution in [-0.4, -0.2) is 60.7 Å². The Kier molecular flexibility index (Phi) is 5.25. The van der Waals surface area contributed by atoms with E-state index in [9.17, 15) is 9.59 Å². The molecule has 36 heavy (non-hydrogen) atoms. The van der Waals surface area contributed by atoms with Crippen LogP contribution in [-0.2, 0) is 18.2 Å². The summed E-state index contributed by atoms with van der Waals surface area (Å²) in [6.07, 6.45) is 5.74. The highest BCUT2D eigenvalue weighted by molar-refractivity contribution is 5.94. The van der Waals surface area contributed by atoms with Gasteiger partial charge >= 0.3 is 0 Å². The predicted molar refractivity (Wildman–Crippen MR) is 133 cm³/mol. The maximum atomic E-state index is 13.3. The highest BCUT2D eigenvalue weighted by Gasteiger charge is 2.33. The van der Waals surface area contributed by atoms with Gasteiger partial charge in [0.05, 0.1) is 24.0 Å². The Bertz CT molecular complexity index is 1530. The molecule has 5 heterocycles. The van der Waals surface area contributed by atoms with Gasteiger partial charge in [-0.25, -0.2) is 9.50 Å². The highest BCUT2D eigenvalue weighted by Crippen LogP contribution is 2.33. The summed E-state index contributed by atoms with van der Waals surface area (Å²) in [5.74, 6) is 0.774. The zero-order valence-electron chi connectivity index (χ0n) is 20.3.